The molecule has 0 aliphatic rings. The van der Waals surface area contributed by atoms with Crippen LogP contribution in [0.2, 0.25) is 0 Å². The molecule has 6 heteroatoms. The van der Waals surface area contributed by atoms with Gasteiger partial charge in [-0.1, -0.05) is 24.3 Å². The lowest BCUT2D eigenvalue weighted by atomic mass is 9.98. The zero-order valence-corrected chi connectivity index (χ0v) is 13.6. The maximum Gasteiger partial charge on any atom is 0.249 e. The number of methoxy groups -OCH3 is 1. The van der Waals surface area contributed by atoms with Crippen LogP contribution < -0.4 is 10.5 Å². The molecule has 0 aliphatic heterocycles. The number of carbonyl (C=O) groups is 1. The summed E-state index contributed by atoms with van der Waals surface area (Å²) in [6, 6.07) is 17.9. The second-order valence-electron chi connectivity index (χ2n) is 5.18. The van der Waals surface area contributed by atoms with E-state index in [-0.39, 0.29) is 0 Å². The van der Waals surface area contributed by atoms with Crippen molar-refractivity contribution < 1.29 is 9.53 Å². The van der Waals surface area contributed by atoms with E-state index in [0.717, 1.165) is 5.56 Å². The smallest absolute Gasteiger partial charge is 0.249 e. The summed E-state index contributed by atoms with van der Waals surface area (Å²) < 4.78 is 5.46. The van der Waals surface area contributed by atoms with E-state index in [4.69, 9.17) is 10.5 Å². The molecular formula is C19H16N4O2. The van der Waals surface area contributed by atoms with Gasteiger partial charge in [-0.3, -0.25) is 4.79 Å². The maximum atomic E-state index is 11.7. The Morgan fingerprint density at radius 2 is 1.80 bits per heavy atom. The zero-order chi connectivity index (χ0) is 17.6. The van der Waals surface area contributed by atoms with Gasteiger partial charge in [0.25, 0.3) is 0 Å². The normalized spacial score (nSPS) is 10.8. The molecule has 1 heterocycles. The molecule has 124 valence electrons. The van der Waals surface area contributed by atoms with Gasteiger partial charge < -0.3 is 10.5 Å². The van der Waals surface area contributed by atoms with Gasteiger partial charge in [-0.05, 0) is 35.9 Å². The summed E-state index contributed by atoms with van der Waals surface area (Å²) >= 11 is 0. The molecular weight excluding hydrogens is 316 g/mol. The number of nitrogens with two attached hydrogens (primary N) is 1. The SMILES string of the molecule is COc1cc(N=Nc2ccccn2)ccc1-c1ccccc1C(N)=O. The molecule has 0 fully saturated rings. The second kappa shape index (κ2) is 7.35. The average Bonchev–Trinajstić information content (AvgIpc) is 2.67. The van der Waals surface area contributed by atoms with Crippen LogP contribution in [0.5, 0.6) is 5.75 Å². The molecule has 0 atom stereocenters. The lowest BCUT2D eigenvalue weighted by Crippen LogP contribution is -2.12. The minimum atomic E-state index is -0.489. The van der Waals surface area contributed by atoms with Crippen LogP contribution in [0.1, 0.15) is 10.4 Å². The molecule has 1 amide bonds. The van der Waals surface area contributed by atoms with Crippen LogP contribution in [0.4, 0.5) is 11.5 Å². The monoisotopic (exact) mass is 332 g/mol. The van der Waals surface area contributed by atoms with Crippen molar-refractivity contribution in [2.45, 2.75) is 0 Å². The summed E-state index contributed by atoms with van der Waals surface area (Å²) in [6.45, 7) is 0. The number of carbonyl (C=O) groups excluding carboxylic acids is 1. The molecule has 0 bridgehead atoms. The molecule has 3 aromatic rings. The number of hydrogen-bond donors (Lipinski definition) is 1. The van der Waals surface area contributed by atoms with Crippen molar-refractivity contribution in [3.05, 3.63) is 72.4 Å². The standard InChI is InChI=1S/C19H16N4O2/c1-25-17-12-13(22-23-18-8-4-5-11-21-18)9-10-15(17)14-6-2-3-7-16(14)19(20)24/h2-12H,1H3,(H2,20,24). The van der Waals surface area contributed by atoms with Crippen molar-refractivity contribution >= 4 is 17.4 Å². The number of hydrogen-bond acceptors (Lipinski definition) is 5. The van der Waals surface area contributed by atoms with Crippen molar-refractivity contribution in [1.82, 2.24) is 4.98 Å². The third kappa shape index (κ3) is 3.69. The van der Waals surface area contributed by atoms with Crippen molar-refractivity contribution in [3.8, 4) is 16.9 Å². The van der Waals surface area contributed by atoms with Crippen LogP contribution in [0.25, 0.3) is 11.1 Å². The topological polar surface area (TPSA) is 89.9 Å². The first-order valence-corrected chi connectivity index (χ1v) is 7.59. The van der Waals surface area contributed by atoms with E-state index in [2.05, 4.69) is 15.2 Å². The van der Waals surface area contributed by atoms with Crippen molar-refractivity contribution in [1.29, 1.82) is 0 Å². The number of pyridine rings is 1. The van der Waals surface area contributed by atoms with Crippen LogP contribution >= 0.6 is 0 Å². The molecule has 0 saturated carbocycles. The first kappa shape index (κ1) is 16.3. The molecule has 0 saturated heterocycles. The number of rotatable bonds is 5. The van der Waals surface area contributed by atoms with Gasteiger partial charge in [-0.2, -0.15) is 0 Å². The Hall–Kier alpha value is -3.54. The third-order valence-electron chi connectivity index (χ3n) is 3.59. The van der Waals surface area contributed by atoms with Crippen LogP contribution in [0.3, 0.4) is 0 Å². The van der Waals surface area contributed by atoms with Gasteiger partial charge >= 0.3 is 0 Å². The molecule has 25 heavy (non-hydrogen) atoms. The Labute approximate surface area is 145 Å². The number of primary amides is 1. The van der Waals surface area contributed by atoms with Crippen molar-refractivity contribution in [2.24, 2.45) is 16.0 Å². The fraction of sp³-hybridized carbons (Fsp3) is 0.0526. The van der Waals surface area contributed by atoms with Gasteiger partial charge in [-0.25, -0.2) is 4.98 Å². The highest BCUT2D eigenvalue weighted by atomic mass is 16.5. The summed E-state index contributed by atoms with van der Waals surface area (Å²) in [5.74, 6) is 0.604. The Bertz CT molecular complexity index is 924. The molecule has 0 spiro atoms. The van der Waals surface area contributed by atoms with E-state index in [0.29, 0.717) is 28.4 Å². The lowest BCUT2D eigenvalue weighted by Gasteiger charge is -2.11. The fourth-order valence-corrected chi connectivity index (χ4v) is 2.42. The van der Waals surface area contributed by atoms with E-state index in [9.17, 15) is 4.79 Å². The zero-order valence-electron chi connectivity index (χ0n) is 13.6. The minimum absolute atomic E-state index is 0.434. The Balaban J connectivity index is 1.99. The highest BCUT2D eigenvalue weighted by Gasteiger charge is 2.13. The number of azo groups is 1. The van der Waals surface area contributed by atoms with Gasteiger partial charge in [0, 0.05) is 23.4 Å². The number of amides is 1. The van der Waals surface area contributed by atoms with E-state index < -0.39 is 5.91 Å². The lowest BCUT2D eigenvalue weighted by molar-refractivity contribution is 0.100. The summed E-state index contributed by atoms with van der Waals surface area (Å²) in [6.07, 6.45) is 1.65. The number of ether oxygens (including phenoxy) is 1. The predicted molar refractivity (Wildman–Crippen MR) is 95.4 cm³/mol. The average molecular weight is 332 g/mol. The Kier molecular flexibility index (Phi) is 4.80. The molecule has 0 aliphatic carbocycles. The van der Waals surface area contributed by atoms with Crippen molar-refractivity contribution in [2.75, 3.05) is 7.11 Å². The van der Waals surface area contributed by atoms with Crippen LogP contribution in [0.15, 0.2) is 77.1 Å². The first-order valence-electron chi connectivity index (χ1n) is 7.59. The molecule has 3 rings (SSSR count). The van der Waals surface area contributed by atoms with Gasteiger partial charge in [0.05, 0.1) is 12.8 Å². The summed E-state index contributed by atoms with van der Waals surface area (Å²) in [5, 5.41) is 8.25. The van der Waals surface area contributed by atoms with Gasteiger partial charge in [0.2, 0.25) is 5.91 Å². The third-order valence-corrected chi connectivity index (χ3v) is 3.59. The predicted octanol–water partition coefficient (Wildman–Crippen LogP) is 4.27. The van der Waals surface area contributed by atoms with Gasteiger partial charge in [0.15, 0.2) is 5.82 Å². The molecule has 6 nitrogen and oxygen atoms in total. The van der Waals surface area contributed by atoms with Crippen LogP contribution in [-0.4, -0.2) is 18.0 Å². The van der Waals surface area contributed by atoms with Gasteiger partial charge in [0.1, 0.15) is 5.75 Å². The quantitative estimate of drug-likeness (QED) is 0.707. The number of aromatic nitrogens is 1. The minimum Gasteiger partial charge on any atom is -0.496 e. The second-order valence-corrected chi connectivity index (χ2v) is 5.18. The number of benzene rings is 2. The molecule has 0 unspecified atom stereocenters. The summed E-state index contributed by atoms with van der Waals surface area (Å²) in [5.41, 5.74) is 7.98. The number of nitrogens with zero attached hydrogens (tertiary/aromatic N) is 3. The highest BCUT2D eigenvalue weighted by Crippen LogP contribution is 2.35. The highest BCUT2D eigenvalue weighted by molar-refractivity contribution is 6.00. The molecule has 2 N–H and O–H groups in total. The van der Waals surface area contributed by atoms with E-state index >= 15 is 0 Å². The molecule has 0 radical (unpaired) electrons. The van der Waals surface area contributed by atoms with E-state index in [1.807, 2.05) is 30.3 Å². The van der Waals surface area contributed by atoms with Crippen LogP contribution in [-0.2, 0) is 0 Å². The van der Waals surface area contributed by atoms with Crippen molar-refractivity contribution in [3.63, 3.8) is 0 Å². The first-order chi connectivity index (χ1) is 12.2. The van der Waals surface area contributed by atoms with Crippen LogP contribution in [0, 0.1) is 0 Å². The fourth-order valence-electron chi connectivity index (χ4n) is 2.42. The Morgan fingerprint density at radius 1 is 1.00 bits per heavy atom. The van der Waals surface area contributed by atoms with Gasteiger partial charge in [-0.15, -0.1) is 10.2 Å². The Morgan fingerprint density at radius 3 is 2.52 bits per heavy atom. The van der Waals surface area contributed by atoms with E-state index in [1.165, 1.54) is 0 Å². The summed E-state index contributed by atoms with van der Waals surface area (Å²) in [7, 11) is 1.56. The molecule has 1 aromatic heterocycles. The molecule has 2 aromatic carbocycles. The van der Waals surface area contributed by atoms with E-state index in [1.54, 1.807) is 43.6 Å². The summed E-state index contributed by atoms with van der Waals surface area (Å²) in [4.78, 5) is 15.8. The largest absolute Gasteiger partial charge is 0.496 e. The maximum absolute atomic E-state index is 11.7.